The van der Waals surface area contributed by atoms with Gasteiger partial charge in [0.05, 0.1) is 4.88 Å². The number of aromatic amines is 1. The molecule has 0 aliphatic heterocycles. The summed E-state index contributed by atoms with van der Waals surface area (Å²) in [5, 5.41) is 11.1. The summed E-state index contributed by atoms with van der Waals surface area (Å²) in [5.41, 5.74) is 0.636. The third-order valence-corrected chi connectivity index (χ3v) is 4.61. The van der Waals surface area contributed by atoms with Crippen LogP contribution in [0.4, 0.5) is 0 Å². The lowest BCUT2D eigenvalue weighted by Gasteiger charge is -2.06. The fourth-order valence-corrected chi connectivity index (χ4v) is 3.03. The molecule has 0 aliphatic carbocycles. The summed E-state index contributed by atoms with van der Waals surface area (Å²) in [5.74, 6) is -0.239. The molecule has 3 rings (SSSR count). The van der Waals surface area contributed by atoms with Gasteiger partial charge in [-0.3, -0.25) is 14.4 Å². The number of aryl methyl sites for hydroxylation is 1. The monoisotopic (exact) mass is 386 g/mol. The van der Waals surface area contributed by atoms with Crippen LogP contribution in [0.25, 0.3) is 10.6 Å². The molecule has 3 N–H and O–H groups in total. The summed E-state index contributed by atoms with van der Waals surface area (Å²) in [6.45, 7) is 2.46. The van der Waals surface area contributed by atoms with Crippen molar-refractivity contribution in [2.75, 3.05) is 13.1 Å². The number of hydrogen-bond donors (Lipinski definition) is 3. The molecule has 27 heavy (non-hydrogen) atoms. The number of pyridine rings is 1. The minimum absolute atomic E-state index is 0.0720. The average Bonchev–Trinajstić information content (AvgIpc) is 3.34. The third kappa shape index (κ3) is 4.70. The Labute approximate surface area is 158 Å². The standard InChI is InChI=1S/C18H18N4O4S/c1-11-8-12(17(24)21-10-11)16(23)19-5-3-6-20-18(25)13-9-14(26-22-13)15-4-2-7-27-15/h2,4,7-10H,3,5-6H2,1H3,(H,19,23)(H,20,25)(H,21,24). The van der Waals surface area contributed by atoms with Crippen molar-refractivity contribution >= 4 is 23.2 Å². The van der Waals surface area contributed by atoms with E-state index >= 15 is 0 Å². The second kappa shape index (κ2) is 8.45. The van der Waals surface area contributed by atoms with Crippen LogP contribution in [0, 0.1) is 6.92 Å². The number of carbonyl (C=O) groups is 2. The fourth-order valence-electron chi connectivity index (χ4n) is 2.36. The van der Waals surface area contributed by atoms with Gasteiger partial charge in [-0.25, -0.2) is 0 Å². The van der Waals surface area contributed by atoms with E-state index in [-0.39, 0.29) is 17.2 Å². The molecular formula is C18H18N4O4S. The van der Waals surface area contributed by atoms with Gasteiger partial charge in [0.25, 0.3) is 17.4 Å². The van der Waals surface area contributed by atoms with Crippen LogP contribution in [0.2, 0.25) is 0 Å². The molecule has 0 radical (unpaired) electrons. The van der Waals surface area contributed by atoms with E-state index in [4.69, 9.17) is 4.52 Å². The van der Waals surface area contributed by atoms with E-state index in [2.05, 4.69) is 20.8 Å². The molecule has 3 aromatic rings. The number of nitrogens with zero attached hydrogens (tertiary/aromatic N) is 1. The first-order chi connectivity index (χ1) is 13.0. The number of rotatable bonds is 7. The molecule has 2 amide bonds. The summed E-state index contributed by atoms with van der Waals surface area (Å²) in [7, 11) is 0. The van der Waals surface area contributed by atoms with Gasteiger partial charge in [-0.2, -0.15) is 0 Å². The van der Waals surface area contributed by atoms with Gasteiger partial charge in [0, 0.05) is 25.4 Å². The largest absolute Gasteiger partial charge is 0.355 e. The van der Waals surface area contributed by atoms with E-state index in [1.165, 1.54) is 17.4 Å². The molecule has 0 atom stereocenters. The van der Waals surface area contributed by atoms with Crippen molar-refractivity contribution in [3.05, 3.63) is 63.0 Å². The number of hydrogen-bond acceptors (Lipinski definition) is 6. The maximum atomic E-state index is 12.1. The topological polar surface area (TPSA) is 117 Å². The second-order valence-electron chi connectivity index (χ2n) is 5.84. The van der Waals surface area contributed by atoms with Gasteiger partial charge < -0.3 is 20.1 Å². The van der Waals surface area contributed by atoms with Gasteiger partial charge in [0.1, 0.15) is 5.56 Å². The van der Waals surface area contributed by atoms with Crippen LogP contribution in [0.1, 0.15) is 32.8 Å². The molecule has 0 aliphatic rings. The Morgan fingerprint density at radius 2 is 2.00 bits per heavy atom. The predicted octanol–water partition coefficient (Wildman–Crippen LogP) is 1.95. The summed E-state index contributed by atoms with van der Waals surface area (Å²) >= 11 is 1.50. The Morgan fingerprint density at radius 1 is 1.22 bits per heavy atom. The van der Waals surface area contributed by atoms with Crippen LogP contribution in [0.15, 0.2) is 45.2 Å². The Hall–Kier alpha value is -3.20. The van der Waals surface area contributed by atoms with Crippen molar-refractivity contribution in [1.82, 2.24) is 20.8 Å². The highest BCUT2D eigenvalue weighted by molar-refractivity contribution is 7.13. The number of thiophene rings is 1. The minimum Gasteiger partial charge on any atom is -0.355 e. The molecule has 0 spiro atoms. The molecular weight excluding hydrogens is 368 g/mol. The zero-order valence-corrected chi connectivity index (χ0v) is 15.4. The van der Waals surface area contributed by atoms with Crippen molar-refractivity contribution < 1.29 is 14.1 Å². The molecule has 8 nitrogen and oxygen atoms in total. The number of aromatic nitrogens is 2. The van der Waals surface area contributed by atoms with Crippen LogP contribution in [0.3, 0.4) is 0 Å². The van der Waals surface area contributed by atoms with Gasteiger partial charge in [-0.1, -0.05) is 11.2 Å². The van der Waals surface area contributed by atoms with Gasteiger partial charge in [0.15, 0.2) is 11.5 Å². The Kier molecular flexibility index (Phi) is 5.82. The molecule has 0 unspecified atom stereocenters. The molecule has 9 heteroatoms. The molecule has 140 valence electrons. The SMILES string of the molecule is Cc1c[nH]c(=O)c(C(=O)NCCCNC(=O)c2cc(-c3cccs3)on2)c1. The van der Waals surface area contributed by atoms with Gasteiger partial charge in [-0.05, 0) is 36.4 Å². The van der Waals surface area contributed by atoms with Gasteiger partial charge in [-0.15, -0.1) is 11.3 Å². The molecule has 3 heterocycles. The van der Waals surface area contributed by atoms with Crippen LogP contribution < -0.4 is 16.2 Å². The Bertz CT molecular complexity index is 991. The van der Waals surface area contributed by atoms with Crippen molar-refractivity contribution in [1.29, 1.82) is 0 Å². The molecule has 3 aromatic heterocycles. The molecule has 0 aromatic carbocycles. The number of H-pyrrole nitrogens is 1. The van der Waals surface area contributed by atoms with Crippen LogP contribution in [0.5, 0.6) is 0 Å². The summed E-state index contributed by atoms with van der Waals surface area (Å²) in [6, 6.07) is 6.90. The molecule has 0 fully saturated rings. The smallest absolute Gasteiger partial charge is 0.273 e. The van der Waals surface area contributed by atoms with Crippen LogP contribution in [-0.4, -0.2) is 35.0 Å². The van der Waals surface area contributed by atoms with Gasteiger partial charge >= 0.3 is 0 Å². The quantitative estimate of drug-likeness (QED) is 0.537. The van der Waals surface area contributed by atoms with E-state index in [1.807, 2.05) is 17.5 Å². The normalized spacial score (nSPS) is 10.6. The maximum Gasteiger partial charge on any atom is 0.273 e. The summed E-state index contributed by atoms with van der Waals surface area (Å²) < 4.78 is 5.17. The first kappa shape index (κ1) is 18.6. The predicted molar refractivity (Wildman–Crippen MR) is 101 cm³/mol. The first-order valence-electron chi connectivity index (χ1n) is 8.31. The van der Waals surface area contributed by atoms with Crippen molar-refractivity contribution in [2.24, 2.45) is 0 Å². The van der Waals surface area contributed by atoms with E-state index in [9.17, 15) is 14.4 Å². The molecule has 0 saturated carbocycles. The van der Waals surface area contributed by atoms with Crippen LogP contribution in [-0.2, 0) is 0 Å². The highest BCUT2D eigenvalue weighted by Gasteiger charge is 2.14. The van der Waals surface area contributed by atoms with Crippen LogP contribution >= 0.6 is 11.3 Å². The Balaban J connectivity index is 1.42. The molecule has 0 bridgehead atoms. The van der Waals surface area contributed by atoms with Crippen molar-refractivity contribution in [2.45, 2.75) is 13.3 Å². The molecule has 0 saturated heterocycles. The highest BCUT2D eigenvalue weighted by Crippen LogP contribution is 2.24. The fraction of sp³-hybridized carbons (Fsp3) is 0.222. The second-order valence-corrected chi connectivity index (χ2v) is 6.79. The lowest BCUT2D eigenvalue weighted by molar-refractivity contribution is 0.0944. The van der Waals surface area contributed by atoms with Crippen molar-refractivity contribution in [3.63, 3.8) is 0 Å². The zero-order valence-electron chi connectivity index (χ0n) is 14.6. The lowest BCUT2D eigenvalue weighted by Crippen LogP contribution is -2.32. The van der Waals surface area contributed by atoms with Gasteiger partial charge in [0.2, 0.25) is 0 Å². The summed E-state index contributed by atoms with van der Waals surface area (Å²) in [6.07, 6.45) is 2.05. The maximum absolute atomic E-state index is 12.1. The zero-order chi connectivity index (χ0) is 19.2. The summed E-state index contributed by atoms with van der Waals surface area (Å²) in [4.78, 5) is 39.1. The number of nitrogens with one attached hydrogen (secondary N) is 3. The van der Waals surface area contributed by atoms with Crippen molar-refractivity contribution in [3.8, 4) is 10.6 Å². The first-order valence-corrected chi connectivity index (χ1v) is 9.19. The highest BCUT2D eigenvalue weighted by atomic mass is 32.1. The van der Waals surface area contributed by atoms with E-state index in [0.29, 0.717) is 25.3 Å². The third-order valence-electron chi connectivity index (χ3n) is 3.72. The average molecular weight is 386 g/mol. The van der Waals surface area contributed by atoms with E-state index < -0.39 is 11.5 Å². The number of carbonyl (C=O) groups excluding carboxylic acids is 2. The Morgan fingerprint density at radius 3 is 2.74 bits per heavy atom. The van der Waals surface area contributed by atoms with E-state index in [1.54, 1.807) is 19.2 Å². The van der Waals surface area contributed by atoms with E-state index in [0.717, 1.165) is 10.4 Å². The minimum atomic E-state index is -0.441. The number of amides is 2. The lowest BCUT2D eigenvalue weighted by atomic mass is 10.2.